The third-order valence-electron chi connectivity index (χ3n) is 2.17. The summed E-state index contributed by atoms with van der Waals surface area (Å²) in [6.07, 6.45) is -4.88. The van der Waals surface area contributed by atoms with E-state index in [0.29, 0.717) is 5.56 Å². The number of carbonyl (C=O) groups excluding carboxylic acids is 1. The molecule has 3 nitrogen and oxygen atoms in total. The second-order valence-electron chi connectivity index (χ2n) is 3.35. The Kier molecular flexibility index (Phi) is 4.36. The van der Waals surface area contributed by atoms with Crippen LogP contribution < -0.4 is 0 Å². The lowest BCUT2D eigenvalue weighted by Gasteiger charge is -2.14. The van der Waals surface area contributed by atoms with Crippen LogP contribution in [0.3, 0.4) is 0 Å². The van der Waals surface area contributed by atoms with E-state index in [1.165, 1.54) is 18.2 Å². The maximum Gasteiger partial charge on any atom is 0.508 e. The highest BCUT2D eigenvalue weighted by molar-refractivity contribution is 5.60. The molecule has 0 aliphatic carbocycles. The minimum Gasteiger partial charge on any atom is -0.438 e. The summed E-state index contributed by atoms with van der Waals surface area (Å²) in [4.78, 5) is 10.9. The molecule has 0 aromatic heterocycles. The first-order valence-corrected chi connectivity index (χ1v) is 4.92. The highest BCUT2D eigenvalue weighted by atomic mass is 19.4. The molecule has 0 spiro atoms. The van der Waals surface area contributed by atoms with Gasteiger partial charge in [-0.25, -0.2) is 4.79 Å². The Balaban J connectivity index is 2.89. The lowest BCUT2D eigenvalue weighted by atomic mass is 10.1. The normalized spacial score (nSPS) is 12.7. The van der Waals surface area contributed by atoms with Crippen LogP contribution in [0.2, 0.25) is 0 Å². The van der Waals surface area contributed by atoms with Gasteiger partial charge in [-0.05, 0) is 23.8 Å². The maximum absolute atomic E-state index is 12.3. The Hall–Kier alpha value is -1.98. The van der Waals surface area contributed by atoms with Crippen molar-refractivity contribution in [2.45, 2.75) is 12.3 Å². The molecule has 98 valence electrons. The average molecular weight is 260 g/mol. The van der Waals surface area contributed by atoms with E-state index in [1.807, 2.05) is 0 Å². The lowest BCUT2D eigenvalue weighted by molar-refractivity contribution is -0.137. The van der Waals surface area contributed by atoms with Gasteiger partial charge in [-0.2, -0.15) is 13.2 Å². The predicted molar refractivity (Wildman–Crippen MR) is 57.9 cm³/mol. The third-order valence-corrected chi connectivity index (χ3v) is 2.17. The smallest absolute Gasteiger partial charge is 0.438 e. The van der Waals surface area contributed by atoms with Crippen molar-refractivity contribution >= 4 is 6.16 Å². The van der Waals surface area contributed by atoms with Gasteiger partial charge < -0.3 is 9.47 Å². The zero-order valence-corrected chi connectivity index (χ0v) is 9.53. The summed E-state index contributed by atoms with van der Waals surface area (Å²) in [5.41, 5.74) is -0.393. The summed E-state index contributed by atoms with van der Waals surface area (Å²) in [5.74, 6) is 0. The van der Waals surface area contributed by atoms with Gasteiger partial charge in [0.25, 0.3) is 0 Å². The number of alkyl halides is 3. The molecular formula is C12H11F3O3. The van der Waals surface area contributed by atoms with Crippen LogP contribution in [0, 0.1) is 0 Å². The standard InChI is InChI=1S/C12H11F3O3/c1-3-10(18-11(16)17-2)8-4-6-9(7-5-8)12(13,14)15/h3-7,10H,1H2,2H3/t10-/m0/s1. The van der Waals surface area contributed by atoms with E-state index in [4.69, 9.17) is 4.74 Å². The first kappa shape index (κ1) is 14.1. The van der Waals surface area contributed by atoms with E-state index in [9.17, 15) is 18.0 Å². The number of hydrogen-bond donors (Lipinski definition) is 0. The molecule has 0 saturated heterocycles. The van der Waals surface area contributed by atoms with E-state index in [0.717, 1.165) is 19.2 Å². The van der Waals surface area contributed by atoms with E-state index in [-0.39, 0.29) is 0 Å². The van der Waals surface area contributed by atoms with E-state index >= 15 is 0 Å². The molecule has 1 aromatic rings. The number of carbonyl (C=O) groups is 1. The molecule has 0 aliphatic heterocycles. The molecule has 1 atom stereocenters. The van der Waals surface area contributed by atoms with Crippen molar-refractivity contribution in [2.24, 2.45) is 0 Å². The van der Waals surface area contributed by atoms with Gasteiger partial charge >= 0.3 is 12.3 Å². The van der Waals surface area contributed by atoms with E-state index < -0.39 is 24.0 Å². The van der Waals surface area contributed by atoms with Crippen molar-refractivity contribution in [3.63, 3.8) is 0 Å². The van der Waals surface area contributed by atoms with Crippen LogP contribution >= 0.6 is 0 Å². The van der Waals surface area contributed by atoms with Gasteiger partial charge in [0.15, 0.2) is 0 Å². The minimum atomic E-state index is -4.40. The zero-order valence-electron chi connectivity index (χ0n) is 9.53. The predicted octanol–water partition coefficient (Wildman–Crippen LogP) is 3.72. The Bertz CT molecular complexity index is 423. The quantitative estimate of drug-likeness (QED) is 0.613. The van der Waals surface area contributed by atoms with Crippen LogP contribution in [-0.4, -0.2) is 13.3 Å². The van der Waals surface area contributed by atoms with Gasteiger partial charge in [0.1, 0.15) is 6.10 Å². The summed E-state index contributed by atoms with van der Waals surface area (Å²) in [7, 11) is 1.13. The molecule has 0 fully saturated rings. The molecule has 18 heavy (non-hydrogen) atoms. The number of ether oxygens (including phenoxy) is 2. The number of benzene rings is 1. The van der Waals surface area contributed by atoms with Crippen LogP contribution in [0.25, 0.3) is 0 Å². The minimum absolute atomic E-state index is 0.378. The zero-order chi connectivity index (χ0) is 13.8. The maximum atomic E-state index is 12.3. The lowest BCUT2D eigenvalue weighted by Crippen LogP contribution is -2.10. The first-order valence-electron chi connectivity index (χ1n) is 4.92. The summed E-state index contributed by atoms with van der Waals surface area (Å²) in [6.45, 7) is 3.44. The largest absolute Gasteiger partial charge is 0.508 e. The Labute approximate surface area is 102 Å². The van der Waals surface area contributed by atoms with Gasteiger partial charge in [0.05, 0.1) is 12.7 Å². The third kappa shape index (κ3) is 3.51. The van der Waals surface area contributed by atoms with Gasteiger partial charge in [-0.15, -0.1) is 0 Å². The van der Waals surface area contributed by atoms with Crippen molar-refractivity contribution in [2.75, 3.05) is 7.11 Å². The SMILES string of the molecule is C=C[C@H](OC(=O)OC)c1ccc(C(F)(F)F)cc1. The van der Waals surface area contributed by atoms with Crippen molar-refractivity contribution < 1.29 is 27.4 Å². The number of halogens is 3. The second kappa shape index (κ2) is 5.57. The molecule has 1 aromatic carbocycles. The van der Waals surface area contributed by atoms with Crippen LogP contribution in [0.15, 0.2) is 36.9 Å². The fourth-order valence-electron chi connectivity index (χ4n) is 1.27. The van der Waals surface area contributed by atoms with Crippen molar-refractivity contribution in [3.8, 4) is 0 Å². The van der Waals surface area contributed by atoms with Gasteiger partial charge in [-0.3, -0.25) is 0 Å². The van der Waals surface area contributed by atoms with Gasteiger partial charge in [0.2, 0.25) is 0 Å². The number of rotatable bonds is 3. The van der Waals surface area contributed by atoms with E-state index in [2.05, 4.69) is 11.3 Å². The van der Waals surface area contributed by atoms with Crippen LogP contribution in [0.4, 0.5) is 18.0 Å². The van der Waals surface area contributed by atoms with Gasteiger partial charge in [0, 0.05) is 0 Å². The first-order chi connectivity index (χ1) is 8.38. The summed E-state index contributed by atoms with van der Waals surface area (Å²) < 4.78 is 46.1. The molecule has 0 N–H and O–H groups in total. The van der Waals surface area contributed by atoms with E-state index in [1.54, 1.807) is 0 Å². The Morgan fingerprint density at radius 2 is 1.89 bits per heavy atom. The fourth-order valence-corrected chi connectivity index (χ4v) is 1.27. The summed E-state index contributed by atoms with van der Waals surface area (Å²) >= 11 is 0. The molecule has 0 radical (unpaired) electrons. The second-order valence-corrected chi connectivity index (χ2v) is 3.35. The number of hydrogen-bond acceptors (Lipinski definition) is 3. The van der Waals surface area contributed by atoms with Crippen LogP contribution in [0.5, 0.6) is 0 Å². The van der Waals surface area contributed by atoms with Crippen LogP contribution in [0.1, 0.15) is 17.2 Å². The Morgan fingerprint density at radius 1 is 1.33 bits per heavy atom. The van der Waals surface area contributed by atoms with Gasteiger partial charge in [-0.1, -0.05) is 18.7 Å². The highest BCUT2D eigenvalue weighted by Gasteiger charge is 2.30. The molecule has 0 heterocycles. The molecule has 6 heteroatoms. The number of methoxy groups -OCH3 is 1. The van der Waals surface area contributed by atoms with Crippen molar-refractivity contribution in [1.82, 2.24) is 0 Å². The summed E-state index contributed by atoms with van der Waals surface area (Å²) in [6, 6.07) is 4.26. The highest BCUT2D eigenvalue weighted by Crippen LogP contribution is 2.30. The fraction of sp³-hybridized carbons (Fsp3) is 0.250. The molecule has 0 aliphatic rings. The molecule has 0 saturated carbocycles. The molecular weight excluding hydrogens is 249 g/mol. The monoisotopic (exact) mass is 260 g/mol. The van der Waals surface area contributed by atoms with Crippen LogP contribution in [-0.2, 0) is 15.7 Å². The van der Waals surface area contributed by atoms with Crippen molar-refractivity contribution in [3.05, 3.63) is 48.0 Å². The average Bonchev–Trinajstić information content (AvgIpc) is 2.34. The summed E-state index contributed by atoms with van der Waals surface area (Å²) in [5, 5.41) is 0. The molecule has 0 bridgehead atoms. The molecule has 0 unspecified atom stereocenters. The Morgan fingerprint density at radius 3 is 2.28 bits per heavy atom. The van der Waals surface area contributed by atoms with Crippen molar-refractivity contribution in [1.29, 1.82) is 0 Å². The molecule has 0 amide bonds. The topological polar surface area (TPSA) is 35.5 Å². The molecule has 1 rings (SSSR count).